The molecule has 2 amide bonds. The molecule has 0 saturated carbocycles. The van der Waals surface area contributed by atoms with Gasteiger partial charge < -0.3 is 14.9 Å². The summed E-state index contributed by atoms with van der Waals surface area (Å²) >= 11 is 0. The molecule has 1 N–H and O–H groups in total. The number of carbonyl (C=O) groups excluding carboxylic acids is 2. The van der Waals surface area contributed by atoms with Gasteiger partial charge in [0.25, 0.3) is 0 Å². The fraction of sp³-hybridized carbons (Fsp3) is 0.500. The molecule has 128 valence electrons. The van der Waals surface area contributed by atoms with Gasteiger partial charge in [-0.05, 0) is 24.8 Å². The van der Waals surface area contributed by atoms with Gasteiger partial charge in [-0.3, -0.25) is 14.4 Å². The average molecular weight is 330 g/mol. The molecule has 0 bridgehead atoms. The van der Waals surface area contributed by atoms with Crippen LogP contribution in [0.5, 0.6) is 0 Å². The van der Waals surface area contributed by atoms with Crippen LogP contribution in [0.4, 0.5) is 0 Å². The summed E-state index contributed by atoms with van der Waals surface area (Å²) in [6.45, 7) is 1.22. The number of carboxylic acids is 1. The quantitative estimate of drug-likeness (QED) is 0.911. The van der Waals surface area contributed by atoms with Crippen molar-refractivity contribution in [3.63, 3.8) is 0 Å². The second kappa shape index (κ2) is 7.03. The van der Waals surface area contributed by atoms with Crippen LogP contribution in [0.3, 0.4) is 0 Å². The second-order valence-electron chi connectivity index (χ2n) is 6.47. The molecule has 0 radical (unpaired) electrons. The summed E-state index contributed by atoms with van der Waals surface area (Å²) in [5.41, 5.74) is 0.788. The molecule has 6 heteroatoms. The van der Waals surface area contributed by atoms with E-state index in [2.05, 4.69) is 0 Å². The van der Waals surface area contributed by atoms with Gasteiger partial charge in [0.2, 0.25) is 11.8 Å². The highest BCUT2D eigenvalue weighted by Gasteiger charge is 2.39. The Kier molecular flexibility index (Phi) is 4.83. The normalized spacial score (nSPS) is 22.5. The highest BCUT2D eigenvalue weighted by atomic mass is 16.4. The number of amides is 2. The summed E-state index contributed by atoms with van der Waals surface area (Å²) in [6, 6.07) is 8.65. The van der Waals surface area contributed by atoms with Gasteiger partial charge in [0.05, 0.1) is 5.92 Å². The Morgan fingerprint density at radius 1 is 1.12 bits per heavy atom. The first-order valence-corrected chi connectivity index (χ1v) is 8.44. The lowest BCUT2D eigenvalue weighted by Gasteiger charge is -2.36. The number of nitrogens with zero attached hydrogens (tertiary/aromatic N) is 2. The molecule has 6 nitrogen and oxygen atoms in total. The van der Waals surface area contributed by atoms with E-state index in [1.54, 1.807) is 9.80 Å². The van der Waals surface area contributed by atoms with E-state index >= 15 is 0 Å². The number of carbonyl (C=O) groups is 3. The molecule has 2 fully saturated rings. The third kappa shape index (κ3) is 3.27. The number of benzene rings is 1. The number of rotatable bonds is 4. The lowest BCUT2D eigenvalue weighted by molar-refractivity contribution is -0.148. The molecule has 0 spiro atoms. The summed E-state index contributed by atoms with van der Waals surface area (Å²) in [6.07, 6.45) is 2.68. The first-order chi connectivity index (χ1) is 11.6. The molecular weight excluding hydrogens is 308 g/mol. The Bertz CT molecular complexity index is 631. The van der Waals surface area contributed by atoms with E-state index < -0.39 is 17.9 Å². The Labute approximate surface area is 141 Å². The SMILES string of the molecule is O=C(O)C1CCN(C(=O)C(c2ccccc2)N2CCCCC2=O)C1. The molecule has 0 aromatic heterocycles. The molecule has 2 saturated heterocycles. The monoisotopic (exact) mass is 330 g/mol. The Hall–Kier alpha value is -2.37. The van der Waals surface area contributed by atoms with Crippen LogP contribution in [-0.4, -0.2) is 52.3 Å². The number of aliphatic carboxylic acids is 1. The maximum atomic E-state index is 13.1. The number of likely N-dealkylation sites (tertiary alicyclic amines) is 2. The van der Waals surface area contributed by atoms with Gasteiger partial charge in [-0.15, -0.1) is 0 Å². The molecule has 2 atom stereocenters. The van der Waals surface area contributed by atoms with Crippen LogP contribution in [0.2, 0.25) is 0 Å². The second-order valence-corrected chi connectivity index (χ2v) is 6.47. The zero-order valence-electron chi connectivity index (χ0n) is 13.6. The topological polar surface area (TPSA) is 77.9 Å². The number of carboxylic acid groups (broad SMARTS) is 1. The van der Waals surface area contributed by atoms with E-state index in [0.717, 1.165) is 18.4 Å². The maximum Gasteiger partial charge on any atom is 0.308 e. The van der Waals surface area contributed by atoms with Crippen molar-refractivity contribution in [1.29, 1.82) is 0 Å². The fourth-order valence-corrected chi connectivity index (χ4v) is 3.53. The standard InChI is InChI=1S/C18H22N2O4/c21-15-8-4-5-10-20(15)16(13-6-2-1-3-7-13)17(22)19-11-9-14(12-19)18(23)24/h1-3,6-7,14,16H,4-5,8-12H2,(H,23,24). The molecule has 3 rings (SSSR count). The summed E-state index contributed by atoms with van der Waals surface area (Å²) in [7, 11) is 0. The average Bonchev–Trinajstić information content (AvgIpc) is 3.08. The molecule has 2 heterocycles. The highest BCUT2D eigenvalue weighted by Crippen LogP contribution is 2.29. The summed E-state index contributed by atoms with van der Waals surface area (Å²) in [5.74, 6) is -1.55. The third-order valence-electron chi connectivity index (χ3n) is 4.87. The van der Waals surface area contributed by atoms with E-state index in [1.807, 2.05) is 30.3 Å². The Balaban J connectivity index is 1.86. The van der Waals surface area contributed by atoms with Crippen LogP contribution in [-0.2, 0) is 14.4 Å². The van der Waals surface area contributed by atoms with Crippen LogP contribution in [0, 0.1) is 5.92 Å². The van der Waals surface area contributed by atoms with Gasteiger partial charge in [-0.2, -0.15) is 0 Å². The summed E-state index contributed by atoms with van der Waals surface area (Å²) < 4.78 is 0. The highest BCUT2D eigenvalue weighted by molar-refractivity contribution is 5.89. The molecule has 0 aliphatic carbocycles. The van der Waals surface area contributed by atoms with E-state index in [0.29, 0.717) is 25.9 Å². The largest absolute Gasteiger partial charge is 0.481 e. The van der Waals surface area contributed by atoms with Crippen molar-refractivity contribution in [3.05, 3.63) is 35.9 Å². The number of hydrogen-bond donors (Lipinski definition) is 1. The zero-order chi connectivity index (χ0) is 17.1. The predicted octanol–water partition coefficient (Wildman–Crippen LogP) is 1.67. The maximum absolute atomic E-state index is 13.1. The van der Waals surface area contributed by atoms with Crippen LogP contribution in [0.25, 0.3) is 0 Å². The minimum atomic E-state index is -0.865. The smallest absolute Gasteiger partial charge is 0.308 e. The number of piperidine rings is 1. The summed E-state index contributed by atoms with van der Waals surface area (Å²) in [4.78, 5) is 39.9. The van der Waals surface area contributed by atoms with E-state index in [9.17, 15) is 14.4 Å². The first-order valence-electron chi connectivity index (χ1n) is 8.44. The zero-order valence-corrected chi connectivity index (χ0v) is 13.6. The van der Waals surface area contributed by atoms with Crippen molar-refractivity contribution in [3.8, 4) is 0 Å². The van der Waals surface area contributed by atoms with Crippen molar-refractivity contribution in [2.75, 3.05) is 19.6 Å². The molecule has 1 aromatic carbocycles. The molecule has 1 aromatic rings. The van der Waals surface area contributed by atoms with Crippen LogP contribution < -0.4 is 0 Å². The minimum absolute atomic E-state index is 0.00238. The van der Waals surface area contributed by atoms with E-state index in [1.165, 1.54) is 0 Å². The van der Waals surface area contributed by atoms with Gasteiger partial charge >= 0.3 is 5.97 Å². The molecular formula is C18H22N2O4. The van der Waals surface area contributed by atoms with Crippen molar-refractivity contribution in [1.82, 2.24) is 9.80 Å². The van der Waals surface area contributed by atoms with Crippen molar-refractivity contribution < 1.29 is 19.5 Å². The Morgan fingerprint density at radius 2 is 1.88 bits per heavy atom. The Morgan fingerprint density at radius 3 is 2.50 bits per heavy atom. The van der Waals surface area contributed by atoms with Gasteiger partial charge in [0.1, 0.15) is 6.04 Å². The van der Waals surface area contributed by atoms with Gasteiger partial charge in [-0.25, -0.2) is 0 Å². The minimum Gasteiger partial charge on any atom is -0.481 e. The van der Waals surface area contributed by atoms with Crippen LogP contribution in [0.15, 0.2) is 30.3 Å². The lowest BCUT2D eigenvalue weighted by atomic mass is 10.00. The predicted molar refractivity (Wildman–Crippen MR) is 87.1 cm³/mol. The van der Waals surface area contributed by atoms with Gasteiger partial charge in [0, 0.05) is 26.1 Å². The molecule has 2 aliphatic rings. The van der Waals surface area contributed by atoms with Crippen molar-refractivity contribution in [2.45, 2.75) is 31.7 Å². The third-order valence-corrected chi connectivity index (χ3v) is 4.87. The lowest BCUT2D eigenvalue weighted by Crippen LogP contribution is -2.46. The van der Waals surface area contributed by atoms with Gasteiger partial charge in [0.15, 0.2) is 0 Å². The van der Waals surface area contributed by atoms with Crippen molar-refractivity contribution >= 4 is 17.8 Å². The molecule has 2 aliphatic heterocycles. The number of hydrogen-bond acceptors (Lipinski definition) is 3. The first kappa shape index (κ1) is 16.5. The summed E-state index contributed by atoms with van der Waals surface area (Å²) in [5, 5.41) is 9.16. The van der Waals surface area contributed by atoms with E-state index in [-0.39, 0.29) is 18.4 Å². The van der Waals surface area contributed by atoms with E-state index in [4.69, 9.17) is 5.11 Å². The fourth-order valence-electron chi connectivity index (χ4n) is 3.53. The van der Waals surface area contributed by atoms with Crippen LogP contribution in [0.1, 0.15) is 37.3 Å². The van der Waals surface area contributed by atoms with Gasteiger partial charge in [-0.1, -0.05) is 30.3 Å². The van der Waals surface area contributed by atoms with Crippen LogP contribution >= 0.6 is 0 Å². The van der Waals surface area contributed by atoms with Crippen molar-refractivity contribution in [2.24, 2.45) is 5.92 Å². The molecule has 2 unspecified atom stereocenters. The molecule has 24 heavy (non-hydrogen) atoms.